The number of hydrogen-bond donors (Lipinski definition) is 2. The van der Waals surface area contributed by atoms with Gasteiger partial charge in [0.25, 0.3) is 5.91 Å². The first-order valence-electron chi connectivity index (χ1n) is 8.13. The maximum atomic E-state index is 12.1. The minimum atomic E-state index is -0.0791. The van der Waals surface area contributed by atoms with Crippen LogP contribution in [0.3, 0.4) is 0 Å². The molecule has 24 heavy (non-hydrogen) atoms. The van der Waals surface area contributed by atoms with E-state index in [0.29, 0.717) is 24.6 Å². The van der Waals surface area contributed by atoms with Crippen LogP contribution >= 0.6 is 15.9 Å². The van der Waals surface area contributed by atoms with Crippen molar-refractivity contribution in [2.24, 2.45) is 10.9 Å². The van der Waals surface area contributed by atoms with Crippen LogP contribution in [0, 0.1) is 5.92 Å². The minimum absolute atomic E-state index is 0.0791. The molecule has 6 nitrogen and oxygen atoms in total. The third-order valence-electron chi connectivity index (χ3n) is 3.91. The SMILES string of the molecule is CN=C(NCCNC(=O)c1cccc(Br)c1)N(C)CC1CCOC1. The zero-order valence-electron chi connectivity index (χ0n) is 14.2. The molecule has 1 saturated heterocycles. The number of guanidine groups is 1. The van der Waals surface area contributed by atoms with Gasteiger partial charge in [-0.25, -0.2) is 0 Å². The Kier molecular flexibility index (Phi) is 7.52. The molecule has 1 heterocycles. The molecule has 1 aromatic rings. The number of nitrogens with zero attached hydrogens (tertiary/aromatic N) is 2. The number of nitrogens with one attached hydrogen (secondary N) is 2. The van der Waals surface area contributed by atoms with Gasteiger partial charge in [0.05, 0.1) is 6.61 Å². The lowest BCUT2D eigenvalue weighted by Crippen LogP contribution is -2.44. The fourth-order valence-corrected chi connectivity index (χ4v) is 3.07. The number of rotatable bonds is 6. The Hall–Kier alpha value is -1.60. The number of halogens is 1. The van der Waals surface area contributed by atoms with E-state index in [1.54, 1.807) is 19.2 Å². The van der Waals surface area contributed by atoms with Gasteiger partial charge in [0, 0.05) is 56.3 Å². The minimum Gasteiger partial charge on any atom is -0.381 e. The molecular formula is C17H25BrN4O2. The summed E-state index contributed by atoms with van der Waals surface area (Å²) in [5, 5.41) is 6.17. The van der Waals surface area contributed by atoms with Crippen LogP contribution in [0.15, 0.2) is 33.7 Å². The Morgan fingerprint density at radius 1 is 1.42 bits per heavy atom. The number of carbonyl (C=O) groups is 1. The molecule has 0 saturated carbocycles. The third kappa shape index (κ3) is 5.79. The Morgan fingerprint density at radius 3 is 2.88 bits per heavy atom. The summed E-state index contributed by atoms with van der Waals surface area (Å²) in [6.45, 7) is 3.75. The zero-order chi connectivity index (χ0) is 17.4. The predicted octanol–water partition coefficient (Wildman–Crippen LogP) is 1.72. The van der Waals surface area contributed by atoms with E-state index in [4.69, 9.17) is 4.74 Å². The van der Waals surface area contributed by atoms with Crippen molar-refractivity contribution in [1.82, 2.24) is 15.5 Å². The highest BCUT2D eigenvalue weighted by molar-refractivity contribution is 9.10. The van der Waals surface area contributed by atoms with E-state index in [1.165, 1.54) is 0 Å². The lowest BCUT2D eigenvalue weighted by molar-refractivity contribution is 0.0954. The summed E-state index contributed by atoms with van der Waals surface area (Å²) in [4.78, 5) is 18.5. The first-order chi connectivity index (χ1) is 11.6. The van der Waals surface area contributed by atoms with Crippen molar-refractivity contribution in [2.75, 3.05) is 46.9 Å². The van der Waals surface area contributed by atoms with Gasteiger partial charge in [-0.15, -0.1) is 0 Å². The highest BCUT2D eigenvalue weighted by atomic mass is 79.9. The summed E-state index contributed by atoms with van der Waals surface area (Å²) < 4.78 is 6.30. The molecule has 1 aromatic carbocycles. The summed E-state index contributed by atoms with van der Waals surface area (Å²) in [7, 11) is 3.79. The normalized spacial score (nSPS) is 17.6. The maximum absolute atomic E-state index is 12.1. The molecule has 2 rings (SSSR count). The van der Waals surface area contributed by atoms with Crippen LogP contribution in [0.25, 0.3) is 0 Å². The standard InChI is InChI=1S/C17H25BrN4O2/c1-19-17(22(2)11-13-6-9-24-12-13)21-8-7-20-16(23)14-4-3-5-15(18)10-14/h3-5,10,13H,6-9,11-12H2,1-2H3,(H,19,21)(H,20,23). The maximum Gasteiger partial charge on any atom is 0.251 e. The first-order valence-corrected chi connectivity index (χ1v) is 8.92. The molecular weight excluding hydrogens is 372 g/mol. The molecule has 0 aromatic heterocycles. The van der Waals surface area contributed by atoms with Gasteiger partial charge in [0.2, 0.25) is 0 Å². The van der Waals surface area contributed by atoms with Gasteiger partial charge < -0.3 is 20.3 Å². The smallest absolute Gasteiger partial charge is 0.251 e. The highest BCUT2D eigenvalue weighted by Crippen LogP contribution is 2.13. The van der Waals surface area contributed by atoms with E-state index in [2.05, 4.69) is 36.5 Å². The van der Waals surface area contributed by atoms with Gasteiger partial charge in [0.1, 0.15) is 0 Å². The van der Waals surface area contributed by atoms with Crippen LogP contribution in [0.2, 0.25) is 0 Å². The molecule has 0 spiro atoms. The molecule has 1 fully saturated rings. The fraction of sp³-hybridized carbons (Fsp3) is 0.529. The van der Waals surface area contributed by atoms with Gasteiger partial charge in [-0.05, 0) is 24.6 Å². The zero-order valence-corrected chi connectivity index (χ0v) is 15.8. The number of amides is 1. The molecule has 1 aliphatic rings. The van der Waals surface area contributed by atoms with Crippen LogP contribution < -0.4 is 10.6 Å². The van der Waals surface area contributed by atoms with Crippen molar-refractivity contribution in [1.29, 1.82) is 0 Å². The molecule has 132 valence electrons. The first kappa shape index (κ1) is 18.7. The van der Waals surface area contributed by atoms with Gasteiger partial charge >= 0.3 is 0 Å². The van der Waals surface area contributed by atoms with Crippen LogP contribution in [0.1, 0.15) is 16.8 Å². The summed E-state index contributed by atoms with van der Waals surface area (Å²) in [6.07, 6.45) is 1.10. The van der Waals surface area contributed by atoms with Crippen molar-refractivity contribution in [3.63, 3.8) is 0 Å². The number of hydrogen-bond acceptors (Lipinski definition) is 3. The predicted molar refractivity (Wildman–Crippen MR) is 99.4 cm³/mol. The van der Waals surface area contributed by atoms with E-state index in [1.807, 2.05) is 19.2 Å². The highest BCUT2D eigenvalue weighted by Gasteiger charge is 2.18. The second kappa shape index (κ2) is 9.64. The molecule has 7 heteroatoms. The average molecular weight is 397 g/mol. The lowest BCUT2D eigenvalue weighted by atomic mass is 10.1. The van der Waals surface area contributed by atoms with Gasteiger partial charge in [-0.3, -0.25) is 9.79 Å². The van der Waals surface area contributed by atoms with E-state index in [0.717, 1.165) is 36.6 Å². The molecule has 1 aliphatic heterocycles. The van der Waals surface area contributed by atoms with Gasteiger partial charge in [0.15, 0.2) is 5.96 Å². The Bertz CT molecular complexity index is 573. The van der Waals surface area contributed by atoms with E-state index < -0.39 is 0 Å². The molecule has 0 radical (unpaired) electrons. The summed E-state index contributed by atoms with van der Waals surface area (Å²) in [5.41, 5.74) is 0.645. The summed E-state index contributed by atoms with van der Waals surface area (Å²) in [5.74, 6) is 1.31. The van der Waals surface area contributed by atoms with Crippen LogP contribution in [-0.2, 0) is 4.74 Å². The van der Waals surface area contributed by atoms with Crippen LogP contribution in [0.5, 0.6) is 0 Å². The molecule has 0 bridgehead atoms. The average Bonchev–Trinajstić information content (AvgIpc) is 3.07. The van der Waals surface area contributed by atoms with E-state index in [-0.39, 0.29) is 5.91 Å². The summed E-state index contributed by atoms with van der Waals surface area (Å²) >= 11 is 3.37. The Balaban J connectivity index is 1.70. The number of aliphatic imine (C=N–C) groups is 1. The second-order valence-electron chi connectivity index (χ2n) is 5.85. The third-order valence-corrected chi connectivity index (χ3v) is 4.40. The number of benzene rings is 1. The van der Waals surface area contributed by atoms with Crippen molar-refractivity contribution in [2.45, 2.75) is 6.42 Å². The molecule has 2 N–H and O–H groups in total. The molecule has 1 amide bonds. The topological polar surface area (TPSA) is 66.0 Å². The monoisotopic (exact) mass is 396 g/mol. The number of ether oxygens (including phenoxy) is 1. The van der Waals surface area contributed by atoms with Crippen molar-refractivity contribution >= 4 is 27.8 Å². The van der Waals surface area contributed by atoms with Crippen LogP contribution in [0.4, 0.5) is 0 Å². The fourth-order valence-electron chi connectivity index (χ4n) is 2.67. The Morgan fingerprint density at radius 2 is 2.21 bits per heavy atom. The molecule has 0 aliphatic carbocycles. The molecule has 1 unspecified atom stereocenters. The number of carbonyl (C=O) groups excluding carboxylic acids is 1. The van der Waals surface area contributed by atoms with Crippen LogP contribution in [-0.4, -0.2) is 63.7 Å². The lowest BCUT2D eigenvalue weighted by Gasteiger charge is -2.24. The van der Waals surface area contributed by atoms with Gasteiger partial charge in [-0.1, -0.05) is 22.0 Å². The van der Waals surface area contributed by atoms with Crippen molar-refractivity contribution in [3.8, 4) is 0 Å². The van der Waals surface area contributed by atoms with Crippen molar-refractivity contribution < 1.29 is 9.53 Å². The van der Waals surface area contributed by atoms with E-state index >= 15 is 0 Å². The quantitative estimate of drug-likeness (QED) is 0.436. The Labute approximate surface area is 151 Å². The largest absolute Gasteiger partial charge is 0.381 e. The summed E-state index contributed by atoms with van der Waals surface area (Å²) in [6, 6.07) is 7.34. The molecule has 1 atom stereocenters. The second-order valence-corrected chi connectivity index (χ2v) is 6.77. The van der Waals surface area contributed by atoms with E-state index in [9.17, 15) is 4.79 Å². The van der Waals surface area contributed by atoms with Gasteiger partial charge in [-0.2, -0.15) is 0 Å². The van der Waals surface area contributed by atoms with Crippen molar-refractivity contribution in [3.05, 3.63) is 34.3 Å².